The van der Waals surface area contributed by atoms with E-state index in [1.807, 2.05) is 0 Å². The third kappa shape index (κ3) is 5.04. The number of carbonyl (C=O) groups excluding carboxylic acids is 1. The van der Waals surface area contributed by atoms with Gasteiger partial charge in [0.2, 0.25) is 5.91 Å². The standard InChI is InChI=1S/C11H22N2O3S/c1-11(2,17(3,15)16)8-12-7-10(14)13-6-9-4-5-9/h9,12H,4-8H2,1-3H3,(H,13,14). The summed E-state index contributed by atoms with van der Waals surface area (Å²) in [5, 5.41) is 5.70. The normalized spacial score (nSPS) is 16.9. The molecule has 5 nitrogen and oxygen atoms in total. The number of rotatable bonds is 7. The van der Waals surface area contributed by atoms with Crippen molar-refractivity contribution in [1.29, 1.82) is 0 Å². The molecule has 1 aliphatic rings. The van der Waals surface area contributed by atoms with E-state index in [1.165, 1.54) is 19.1 Å². The molecule has 100 valence electrons. The molecule has 0 unspecified atom stereocenters. The molecule has 1 amide bonds. The number of amides is 1. The van der Waals surface area contributed by atoms with Gasteiger partial charge in [-0.05, 0) is 32.6 Å². The first-order valence-electron chi connectivity index (χ1n) is 5.89. The molecule has 0 aromatic heterocycles. The number of hydrogen-bond acceptors (Lipinski definition) is 4. The van der Waals surface area contributed by atoms with E-state index in [4.69, 9.17) is 0 Å². The summed E-state index contributed by atoms with van der Waals surface area (Å²) in [7, 11) is -3.11. The van der Waals surface area contributed by atoms with Gasteiger partial charge in [0.05, 0.1) is 11.3 Å². The SMILES string of the molecule is CC(C)(CNCC(=O)NCC1CC1)S(C)(=O)=O. The monoisotopic (exact) mass is 262 g/mol. The van der Waals surface area contributed by atoms with Crippen LogP contribution in [0.4, 0.5) is 0 Å². The molecule has 0 aromatic rings. The van der Waals surface area contributed by atoms with Crippen LogP contribution < -0.4 is 10.6 Å². The summed E-state index contributed by atoms with van der Waals surface area (Å²) in [5.41, 5.74) is 0. The summed E-state index contributed by atoms with van der Waals surface area (Å²) < 4.78 is 22.0. The highest BCUT2D eigenvalue weighted by Gasteiger charge is 2.29. The first-order valence-corrected chi connectivity index (χ1v) is 7.78. The fourth-order valence-electron chi connectivity index (χ4n) is 1.25. The van der Waals surface area contributed by atoms with E-state index in [9.17, 15) is 13.2 Å². The predicted molar refractivity (Wildman–Crippen MR) is 67.5 cm³/mol. The van der Waals surface area contributed by atoms with Gasteiger partial charge in [-0.15, -0.1) is 0 Å². The number of sulfone groups is 1. The Kier molecular flexibility index (Phi) is 4.55. The fraction of sp³-hybridized carbons (Fsp3) is 0.909. The maximum Gasteiger partial charge on any atom is 0.233 e. The van der Waals surface area contributed by atoms with Gasteiger partial charge in [-0.3, -0.25) is 4.79 Å². The molecule has 0 aromatic carbocycles. The van der Waals surface area contributed by atoms with Gasteiger partial charge < -0.3 is 10.6 Å². The van der Waals surface area contributed by atoms with Crippen molar-refractivity contribution in [2.24, 2.45) is 5.92 Å². The van der Waals surface area contributed by atoms with Gasteiger partial charge in [0, 0.05) is 19.3 Å². The summed E-state index contributed by atoms with van der Waals surface area (Å²) in [6.45, 7) is 4.50. The van der Waals surface area contributed by atoms with Crippen LogP contribution in [0.15, 0.2) is 0 Å². The van der Waals surface area contributed by atoms with Crippen molar-refractivity contribution in [3.05, 3.63) is 0 Å². The van der Waals surface area contributed by atoms with E-state index in [0.29, 0.717) is 5.92 Å². The number of carbonyl (C=O) groups is 1. The van der Waals surface area contributed by atoms with Crippen molar-refractivity contribution in [2.45, 2.75) is 31.4 Å². The van der Waals surface area contributed by atoms with Crippen molar-refractivity contribution in [1.82, 2.24) is 10.6 Å². The molecule has 0 atom stereocenters. The molecule has 1 rings (SSSR count). The maximum atomic E-state index is 11.4. The van der Waals surface area contributed by atoms with E-state index in [0.717, 1.165) is 6.54 Å². The average molecular weight is 262 g/mol. The molecule has 0 aliphatic heterocycles. The van der Waals surface area contributed by atoms with Gasteiger partial charge >= 0.3 is 0 Å². The van der Waals surface area contributed by atoms with Crippen LogP contribution in [0, 0.1) is 5.92 Å². The molecule has 6 heteroatoms. The average Bonchev–Trinajstić information content (AvgIpc) is 2.96. The van der Waals surface area contributed by atoms with Gasteiger partial charge in [0.25, 0.3) is 0 Å². The van der Waals surface area contributed by atoms with Gasteiger partial charge in [0.1, 0.15) is 0 Å². The summed E-state index contributed by atoms with van der Waals surface area (Å²) in [6.07, 6.45) is 3.62. The Morgan fingerprint density at radius 1 is 1.35 bits per heavy atom. The van der Waals surface area contributed by atoms with Crippen LogP contribution in [0.2, 0.25) is 0 Å². The first-order chi connectivity index (χ1) is 7.72. The summed E-state index contributed by atoms with van der Waals surface area (Å²) >= 11 is 0. The van der Waals surface area contributed by atoms with Crippen LogP contribution in [-0.4, -0.2) is 45.0 Å². The quantitative estimate of drug-likeness (QED) is 0.673. The Bertz CT molecular complexity index is 372. The molecular weight excluding hydrogens is 240 g/mol. The van der Waals surface area contributed by atoms with Crippen molar-refractivity contribution in [3.8, 4) is 0 Å². The van der Waals surface area contributed by atoms with Crippen molar-refractivity contribution in [3.63, 3.8) is 0 Å². The Morgan fingerprint density at radius 2 is 1.94 bits per heavy atom. The van der Waals surface area contributed by atoms with Crippen molar-refractivity contribution in [2.75, 3.05) is 25.9 Å². The minimum absolute atomic E-state index is 0.0683. The topological polar surface area (TPSA) is 75.3 Å². The predicted octanol–water partition coefficient (Wildman–Crippen LogP) is -0.0746. The Labute approximate surface area is 103 Å². The molecule has 1 fully saturated rings. The van der Waals surface area contributed by atoms with Crippen LogP contribution >= 0.6 is 0 Å². The number of hydrogen-bond donors (Lipinski definition) is 2. The minimum Gasteiger partial charge on any atom is -0.355 e. The Morgan fingerprint density at radius 3 is 2.41 bits per heavy atom. The third-order valence-electron chi connectivity index (χ3n) is 3.12. The second-order valence-electron chi connectivity index (χ2n) is 5.38. The maximum absolute atomic E-state index is 11.4. The molecule has 0 radical (unpaired) electrons. The third-order valence-corrected chi connectivity index (χ3v) is 5.28. The summed E-state index contributed by atoms with van der Waals surface area (Å²) in [5.74, 6) is 0.590. The highest BCUT2D eigenvalue weighted by molar-refractivity contribution is 7.92. The highest BCUT2D eigenvalue weighted by Crippen LogP contribution is 2.27. The molecule has 0 heterocycles. The zero-order valence-corrected chi connectivity index (χ0v) is 11.6. The Balaban J connectivity index is 2.19. The molecule has 1 aliphatic carbocycles. The molecule has 2 N–H and O–H groups in total. The smallest absolute Gasteiger partial charge is 0.233 e. The van der Waals surface area contributed by atoms with Crippen LogP contribution in [0.5, 0.6) is 0 Å². The number of nitrogens with one attached hydrogen (secondary N) is 2. The van der Waals surface area contributed by atoms with E-state index < -0.39 is 14.6 Å². The van der Waals surface area contributed by atoms with Gasteiger partial charge in [-0.25, -0.2) is 8.42 Å². The van der Waals surface area contributed by atoms with Crippen molar-refractivity contribution < 1.29 is 13.2 Å². The second kappa shape index (κ2) is 5.35. The lowest BCUT2D eigenvalue weighted by Crippen LogP contribution is -2.45. The molecule has 0 spiro atoms. The van der Waals surface area contributed by atoms with E-state index in [2.05, 4.69) is 10.6 Å². The van der Waals surface area contributed by atoms with E-state index >= 15 is 0 Å². The molecular formula is C11H22N2O3S. The zero-order valence-electron chi connectivity index (χ0n) is 10.7. The fourth-order valence-corrected chi connectivity index (χ4v) is 1.62. The molecule has 0 saturated heterocycles. The van der Waals surface area contributed by atoms with Gasteiger partial charge in [-0.1, -0.05) is 0 Å². The Hall–Kier alpha value is -0.620. The highest BCUT2D eigenvalue weighted by atomic mass is 32.2. The lowest BCUT2D eigenvalue weighted by Gasteiger charge is -2.22. The molecule has 1 saturated carbocycles. The zero-order chi connectivity index (χ0) is 13.1. The second-order valence-corrected chi connectivity index (χ2v) is 8.03. The molecule has 0 bridgehead atoms. The van der Waals surface area contributed by atoms with E-state index in [1.54, 1.807) is 13.8 Å². The van der Waals surface area contributed by atoms with Crippen LogP contribution in [0.25, 0.3) is 0 Å². The lowest BCUT2D eigenvalue weighted by atomic mass is 10.2. The van der Waals surface area contributed by atoms with Crippen LogP contribution in [0.3, 0.4) is 0 Å². The molecule has 17 heavy (non-hydrogen) atoms. The summed E-state index contributed by atoms with van der Waals surface area (Å²) in [4.78, 5) is 11.4. The van der Waals surface area contributed by atoms with Crippen molar-refractivity contribution >= 4 is 15.7 Å². The van der Waals surface area contributed by atoms with Crippen LogP contribution in [0.1, 0.15) is 26.7 Å². The van der Waals surface area contributed by atoms with Gasteiger partial charge in [0.15, 0.2) is 9.84 Å². The largest absolute Gasteiger partial charge is 0.355 e. The minimum atomic E-state index is -3.11. The lowest BCUT2D eigenvalue weighted by molar-refractivity contribution is -0.120. The summed E-state index contributed by atoms with van der Waals surface area (Å²) in [6, 6.07) is 0. The van der Waals surface area contributed by atoms with Gasteiger partial charge in [-0.2, -0.15) is 0 Å². The first kappa shape index (κ1) is 14.4. The van der Waals surface area contributed by atoms with Crippen LogP contribution in [-0.2, 0) is 14.6 Å². The van der Waals surface area contributed by atoms with E-state index in [-0.39, 0.29) is 19.0 Å².